The fourth-order valence-corrected chi connectivity index (χ4v) is 2.38. The van der Waals surface area contributed by atoms with Crippen molar-refractivity contribution in [3.63, 3.8) is 0 Å². The van der Waals surface area contributed by atoms with E-state index >= 15 is 0 Å². The van der Waals surface area contributed by atoms with Crippen molar-refractivity contribution < 1.29 is 4.74 Å². The Balaban J connectivity index is 1.68. The number of rotatable bonds is 6. The zero-order valence-electron chi connectivity index (χ0n) is 11.7. The molecule has 0 saturated carbocycles. The van der Waals surface area contributed by atoms with Crippen LogP contribution in [0.2, 0.25) is 5.02 Å². The van der Waals surface area contributed by atoms with E-state index in [1.54, 1.807) is 13.2 Å². The summed E-state index contributed by atoms with van der Waals surface area (Å²) in [6, 6.07) is 0. The first kappa shape index (κ1) is 15.3. The SMILES string of the molecule is Cn1ncc(NCCCOC2CCNCC2)c(Cl)c1=O. The van der Waals surface area contributed by atoms with Gasteiger partial charge < -0.3 is 15.4 Å². The molecule has 1 fully saturated rings. The van der Waals surface area contributed by atoms with Crippen molar-refractivity contribution in [2.75, 3.05) is 31.6 Å². The van der Waals surface area contributed by atoms with Crippen LogP contribution in [0.5, 0.6) is 0 Å². The number of piperidine rings is 1. The molecule has 0 aromatic carbocycles. The molecular formula is C13H21ClN4O2. The van der Waals surface area contributed by atoms with Crippen LogP contribution in [0.4, 0.5) is 5.69 Å². The van der Waals surface area contributed by atoms with E-state index in [1.165, 1.54) is 4.68 Å². The molecule has 6 nitrogen and oxygen atoms in total. The van der Waals surface area contributed by atoms with E-state index in [0.717, 1.165) is 32.4 Å². The van der Waals surface area contributed by atoms with Gasteiger partial charge in [-0.1, -0.05) is 11.6 Å². The number of anilines is 1. The van der Waals surface area contributed by atoms with Crippen LogP contribution in [0, 0.1) is 0 Å². The van der Waals surface area contributed by atoms with Gasteiger partial charge in [0.15, 0.2) is 0 Å². The molecule has 20 heavy (non-hydrogen) atoms. The lowest BCUT2D eigenvalue weighted by Gasteiger charge is -2.22. The molecule has 0 spiro atoms. The lowest BCUT2D eigenvalue weighted by molar-refractivity contribution is 0.0329. The number of aryl methyl sites for hydroxylation is 1. The molecule has 2 N–H and O–H groups in total. The predicted octanol–water partition coefficient (Wildman–Crippen LogP) is 1.00. The fourth-order valence-electron chi connectivity index (χ4n) is 2.14. The van der Waals surface area contributed by atoms with Crippen LogP contribution in [0.1, 0.15) is 19.3 Å². The van der Waals surface area contributed by atoms with Crippen molar-refractivity contribution in [1.82, 2.24) is 15.1 Å². The van der Waals surface area contributed by atoms with Gasteiger partial charge in [-0.25, -0.2) is 4.68 Å². The van der Waals surface area contributed by atoms with Crippen LogP contribution < -0.4 is 16.2 Å². The molecule has 0 bridgehead atoms. The molecule has 1 aromatic rings. The molecule has 1 aliphatic heterocycles. The average molecular weight is 301 g/mol. The molecule has 0 atom stereocenters. The van der Waals surface area contributed by atoms with Gasteiger partial charge in [-0.2, -0.15) is 5.10 Å². The van der Waals surface area contributed by atoms with E-state index in [4.69, 9.17) is 16.3 Å². The molecule has 1 saturated heterocycles. The zero-order valence-corrected chi connectivity index (χ0v) is 12.4. The molecule has 0 amide bonds. The van der Waals surface area contributed by atoms with E-state index < -0.39 is 0 Å². The van der Waals surface area contributed by atoms with Crippen LogP contribution in [0.3, 0.4) is 0 Å². The summed E-state index contributed by atoms with van der Waals surface area (Å²) in [6.45, 7) is 3.50. The molecule has 7 heteroatoms. The molecule has 112 valence electrons. The molecular weight excluding hydrogens is 280 g/mol. The average Bonchev–Trinajstić information content (AvgIpc) is 2.48. The maximum absolute atomic E-state index is 11.6. The summed E-state index contributed by atoms with van der Waals surface area (Å²) in [5.41, 5.74) is 0.291. The summed E-state index contributed by atoms with van der Waals surface area (Å²) in [7, 11) is 1.57. The quantitative estimate of drug-likeness (QED) is 0.767. The Morgan fingerprint density at radius 1 is 1.55 bits per heavy atom. The van der Waals surface area contributed by atoms with Crippen LogP contribution in [-0.4, -0.2) is 42.1 Å². The highest BCUT2D eigenvalue weighted by Crippen LogP contribution is 2.14. The molecule has 0 aliphatic carbocycles. The third-order valence-electron chi connectivity index (χ3n) is 3.35. The first-order valence-corrected chi connectivity index (χ1v) is 7.34. The monoisotopic (exact) mass is 300 g/mol. The number of ether oxygens (including phenoxy) is 1. The van der Waals surface area contributed by atoms with E-state index in [-0.39, 0.29) is 10.6 Å². The second-order valence-electron chi connectivity index (χ2n) is 4.90. The lowest BCUT2D eigenvalue weighted by Crippen LogP contribution is -2.32. The standard InChI is InChI=1S/C13H21ClN4O2/c1-18-13(19)12(14)11(9-17-18)16-5-2-8-20-10-3-6-15-7-4-10/h9-10,15-16H,2-8H2,1H3. The summed E-state index contributed by atoms with van der Waals surface area (Å²) in [5.74, 6) is 0. The number of nitrogens with zero attached hydrogens (tertiary/aromatic N) is 2. The van der Waals surface area contributed by atoms with E-state index in [2.05, 4.69) is 15.7 Å². The van der Waals surface area contributed by atoms with Crippen molar-refractivity contribution >= 4 is 17.3 Å². The Bertz CT molecular complexity index is 486. The Kier molecular flexibility index (Phi) is 5.82. The first-order chi connectivity index (χ1) is 9.68. The van der Waals surface area contributed by atoms with Crippen molar-refractivity contribution in [2.24, 2.45) is 7.05 Å². The van der Waals surface area contributed by atoms with Crippen LogP contribution in [0.15, 0.2) is 11.0 Å². The zero-order chi connectivity index (χ0) is 14.4. The molecule has 2 rings (SSSR count). The molecule has 0 radical (unpaired) electrons. The summed E-state index contributed by atoms with van der Waals surface area (Å²) < 4.78 is 7.02. The van der Waals surface area contributed by atoms with Crippen LogP contribution in [0.25, 0.3) is 0 Å². The smallest absolute Gasteiger partial charge is 0.287 e. The van der Waals surface area contributed by atoms with E-state index in [9.17, 15) is 4.79 Å². The first-order valence-electron chi connectivity index (χ1n) is 6.96. The largest absolute Gasteiger partial charge is 0.382 e. The van der Waals surface area contributed by atoms with Crippen molar-refractivity contribution in [3.8, 4) is 0 Å². The minimum Gasteiger partial charge on any atom is -0.382 e. The molecule has 0 unspecified atom stereocenters. The van der Waals surface area contributed by atoms with Crippen LogP contribution in [-0.2, 0) is 11.8 Å². The maximum Gasteiger partial charge on any atom is 0.287 e. The number of hydrogen-bond acceptors (Lipinski definition) is 5. The third-order valence-corrected chi connectivity index (χ3v) is 3.72. The number of hydrogen-bond donors (Lipinski definition) is 2. The van der Waals surface area contributed by atoms with Gasteiger partial charge in [0.1, 0.15) is 5.02 Å². The minimum absolute atomic E-state index is 0.182. The summed E-state index contributed by atoms with van der Waals surface area (Å²) in [4.78, 5) is 11.6. The second-order valence-corrected chi connectivity index (χ2v) is 5.28. The number of aromatic nitrogens is 2. The van der Waals surface area contributed by atoms with Gasteiger partial charge in [0.05, 0.1) is 18.0 Å². The highest BCUT2D eigenvalue weighted by molar-refractivity contribution is 6.32. The second kappa shape index (κ2) is 7.61. The van der Waals surface area contributed by atoms with E-state index in [0.29, 0.717) is 24.9 Å². The Hall–Kier alpha value is -1.11. The molecule has 1 aromatic heterocycles. The predicted molar refractivity (Wildman–Crippen MR) is 79.4 cm³/mol. The Morgan fingerprint density at radius 2 is 2.30 bits per heavy atom. The maximum atomic E-state index is 11.6. The summed E-state index contributed by atoms with van der Waals surface area (Å²) in [5, 5.41) is 10.5. The van der Waals surface area contributed by atoms with Gasteiger partial charge in [-0.15, -0.1) is 0 Å². The fraction of sp³-hybridized carbons (Fsp3) is 0.692. The summed E-state index contributed by atoms with van der Waals surface area (Å²) in [6.07, 6.45) is 4.98. The lowest BCUT2D eigenvalue weighted by atomic mass is 10.1. The van der Waals surface area contributed by atoms with Gasteiger partial charge in [0.2, 0.25) is 0 Å². The molecule has 2 heterocycles. The van der Waals surface area contributed by atoms with Crippen LogP contribution >= 0.6 is 11.6 Å². The number of nitrogens with one attached hydrogen (secondary N) is 2. The Labute approximate surface area is 123 Å². The van der Waals surface area contributed by atoms with Gasteiger partial charge >= 0.3 is 0 Å². The van der Waals surface area contributed by atoms with E-state index in [1.807, 2.05) is 0 Å². The minimum atomic E-state index is -0.289. The highest BCUT2D eigenvalue weighted by atomic mass is 35.5. The third kappa shape index (κ3) is 4.19. The van der Waals surface area contributed by atoms with Gasteiger partial charge in [-0.05, 0) is 32.4 Å². The Morgan fingerprint density at radius 3 is 3.05 bits per heavy atom. The van der Waals surface area contributed by atoms with Gasteiger partial charge in [0, 0.05) is 20.2 Å². The summed E-state index contributed by atoms with van der Waals surface area (Å²) >= 11 is 5.96. The number of halogens is 1. The van der Waals surface area contributed by atoms with Crippen molar-refractivity contribution in [2.45, 2.75) is 25.4 Å². The van der Waals surface area contributed by atoms with Crippen molar-refractivity contribution in [1.29, 1.82) is 0 Å². The highest BCUT2D eigenvalue weighted by Gasteiger charge is 2.12. The van der Waals surface area contributed by atoms with Gasteiger partial charge in [0.25, 0.3) is 5.56 Å². The topological polar surface area (TPSA) is 68.2 Å². The van der Waals surface area contributed by atoms with Gasteiger partial charge in [-0.3, -0.25) is 4.79 Å². The normalized spacial score (nSPS) is 16.3. The van der Waals surface area contributed by atoms with Crippen molar-refractivity contribution in [3.05, 3.63) is 21.6 Å². The molecule has 1 aliphatic rings.